The lowest BCUT2D eigenvalue weighted by Gasteiger charge is -2.26. The number of ketones is 1. The van der Waals surface area contributed by atoms with Crippen molar-refractivity contribution < 1.29 is 31.5 Å². The number of rotatable bonds is 14. The van der Waals surface area contributed by atoms with Gasteiger partial charge < -0.3 is 24.8 Å². The number of Topliss-reactive ketones (excluding diaryl/α,β-unsaturated/α-hetero) is 1. The molecule has 0 radical (unpaired) electrons. The van der Waals surface area contributed by atoms with Crippen LogP contribution in [0.1, 0.15) is 50.3 Å². The predicted octanol–water partition coefficient (Wildman–Crippen LogP) is 7.87. The van der Waals surface area contributed by atoms with Crippen molar-refractivity contribution >= 4 is 17.9 Å². The zero-order valence-corrected chi connectivity index (χ0v) is 30.4. The number of aryl methyl sites for hydroxylation is 1. The van der Waals surface area contributed by atoms with E-state index in [0.717, 1.165) is 62.0 Å². The molecule has 0 spiro atoms. The van der Waals surface area contributed by atoms with Crippen molar-refractivity contribution in [2.75, 3.05) is 46.8 Å². The van der Waals surface area contributed by atoms with Crippen molar-refractivity contribution in [3.8, 4) is 11.1 Å². The van der Waals surface area contributed by atoms with Crippen LogP contribution in [0.15, 0.2) is 89.8 Å². The van der Waals surface area contributed by atoms with E-state index in [9.17, 15) is 31.5 Å². The maximum Gasteiger partial charge on any atom is 0.416 e. The van der Waals surface area contributed by atoms with Crippen LogP contribution in [0.2, 0.25) is 0 Å². The Balaban J connectivity index is 0.000000280. The smallest absolute Gasteiger partial charge is 0.393 e. The Kier molecular flexibility index (Phi) is 15.9. The summed E-state index contributed by atoms with van der Waals surface area (Å²) in [5.41, 5.74) is 4.00. The predicted molar refractivity (Wildman–Crippen MR) is 196 cm³/mol. The largest absolute Gasteiger partial charge is 0.416 e. The zero-order valence-electron chi connectivity index (χ0n) is 30.4. The van der Waals surface area contributed by atoms with E-state index in [1.165, 1.54) is 40.9 Å². The van der Waals surface area contributed by atoms with Gasteiger partial charge in [-0.15, -0.1) is 0 Å². The maximum atomic E-state index is 13.9. The highest BCUT2D eigenvalue weighted by atomic mass is 19.4. The van der Waals surface area contributed by atoms with Gasteiger partial charge in [0.25, 0.3) is 0 Å². The first-order valence-corrected chi connectivity index (χ1v) is 17.2. The van der Waals surface area contributed by atoms with Gasteiger partial charge in [-0.2, -0.15) is 13.2 Å². The summed E-state index contributed by atoms with van der Waals surface area (Å²) in [5, 5.41) is 11.1. The lowest BCUT2D eigenvalue weighted by Crippen LogP contribution is -2.34. The van der Waals surface area contributed by atoms with E-state index in [0.29, 0.717) is 17.6 Å². The fraction of sp³-hybridized carbons (Fsp3) is 0.375. The first-order chi connectivity index (χ1) is 24.7. The lowest BCUT2D eigenvalue weighted by atomic mass is 10.0. The monoisotopic (exact) mass is 725 g/mol. The highest BCUT2D eigenvalue weighted by Crippen LogP contribution is 2.31. The number of amidine groups is 1. The Labute approximate surface area is 303 Å². The quantitative estimate of drug-likeness (QED) is 0.100. The molecule has 0 aromatic heterocycles. The minimum absolute atomic E-state index is 0.0805. The van der Waals surface area contributed by atoms with Gasteiger partial charge in [-0.05, 0) is 85.9 Å². The van der Waals surface area contributed by atoms with Gasteiger partial charge in [0.2, 0.25) is 0 Å². The first kappa shape index (κ1) is 41.7. The highest BCUT2D eigenvalue weighted by Gasteiger charge is 2.30. The van der Waals surface area contributed by atoms with Gasteiger partial charge in [0.05, 0.1) is 17.7 Å². The standard InChI is InChI=1S/C21H27F3N2.C19H21F2N3O2/c1-4-26(5-2)15-14-25(3)16-17-6-8-18(9-7-17)19-10-12-20(13-11-19)21(22,23)24;1-12-10-17(26)14(11-23-2)19(22)24(8-9-25)16(12)7-6-13-4-3-5-15(20)18(13)21/h6-13H,4-5,14-16H2,1-3H3;3-5,9,11,22-23H,6-8,10H2,1-2H3/b;14-11-,22-19?. The van der Waals surface area contributed by atoms with Crippen LogP contribution in [0, 0.1) is 17.0 Å². The Morgan fingerprint density at radius 3 is 2.10 bits per heavy atom. The number of allylic oxidation sites excluding steroid dienone is 2. The van der Waals surface area contributed by atoms with Crippen LogP contribution in [-0.2, 0) is 28.7 Å². The molecule has 2 N–H and O–H groups in total. The van der Waals surface area contributed by atoms with E-state index in [1.54, 1.807) is 14.0 Å². The van der Waals surface area contributed by atoms with Crippen molar-refractivity contribution in [3.63, 3.8) is 0 Å². The maximum absolute atomic E-state index is 13.9. The summed E-state index contributed by atoms with van der Waals surface area (Å²) in [6.07, 6.45) is -1.63. The van der Waals surface area contributed by atoms with Crippen LogP contribution in [0.3, 0.4) is 0 Å². The van der Waals surface area contributed by atoms with Gasteiger partial charge in [-0.25, -0.2) is 8.78 Å². The average Bonchev–Trinajstić information content (AvgIpc) is 3.19. The van der Waals surface area contributed by atoms with E-state index in [4.69, 9.17) is 5.41 Å². The number of alkyl halides is 3. The summed E-state index contributed by atoms with van der Waals surface area (Å²) in [7, 11) is 3.73. The van der Waals surface area contributed by atoms with Crippen molar-refractivity contribution in [2.24, 2.45) is 0 Å². The lowest BCUT2D eigenvalue weighted by molar-refractivity contribution is -0.137. The number of halogens is 5. The number of hydrogen-bond donors (Lipinski definition) is 2. The number of benzene rings is 3. The zero-order chi connectivity index (χ0) is 38.4. The topological polar surface area (TPSA) is 79.7 Å². The molecule has 0 amide bonds. The number of hydrogen-bond acceptors (Lipinski definition) is 6. The Morgan fingerprint density at radius 2 is 1.54 bits per heavy atom. The molecule has 0 aliphatic carbocycles. The number of nitrogens with one attached hydrogen (secondary N) is 2. The normalized spacial score (nSPS) is 14.5. The number of nitrogens with zero attached hydrogens (tertiary/aromatic N) is 3. The average molecular weight is 726 g/mol. The van der Waals surface area contributed by atoms with Gasteiger partial charge >= 0.3 is 6.18 Å². The van der Waals surface area contributed by atoms with Crippen molar-refractivity contribution in [1.29, 1.82) is 5.41 Å². The van der Waals surface area contributed by atoms with Crippen LogP contribution in [0.4, 0.5) is 22.0 Å². The van der Waals surface area contributed by atoms with Gasteiger partial charge in [-0.1, -0.05) is 62.4 Å². The number of aldehydes is 1. The van der Waals surface area contributed by atoms with Crippen LogP contribution in [-0.4, -0.2) is 79.4 Å². The molecule has 3 aromatic rings. The third kappa shape index (κ3) is 11.7. The van der Waals surface area contributed by atoms with Crippen molar-refractivity contribution in [3.05, 3.63) is 118 Å². The molecule has 0 saturated carbocycles. The molecule has 0 saturated heterocycles. The molecule has 52 heavy (non-hydrogen) atoms. The molecule has 280 valence electrons. The third-order valence-corrected chi connectivity index (χ3v) is 8.92. The molecule has 12 heteroatoms. The molecule has 0 bridgehead atoms. The summed E-state index contributed by atoms with van der Waals surface area (Å²) in [4.78, 5) is 29.6. The fourth-order valence-corrected chi connectivity index (χ4v) is 5.89. The minimum Gasteiger partial charge on any atom is -0.393 e. The van der Waals surface area contributed by atoms with Crippen molar-refractivity contribution in [1.82, 2.24) is 20.0 Å². The molecule has 7 nitrogen and oxygen atoms in total. The van der Waals surface area contributed by atoms with E-state index < -0.39 is 23.4 Å². The van der Waals surface area contributed by atoms with E-state index >= 15 is 0 Å². The SMILES string of the molecule is CCN(CC)CCN(C)Cc1ccc(-c2ccc(C(F)(F)F)cc2)cc1.CN/C=C1\C(=N)N(CC=O)C(CCc2cccc(F)c2F)=C(C)CC1=O. The Bertz CT molecular complexity index is 1720. The molecular formula is C40H48F5N5O2. The molecule has 1 heterocycles. The number of likely N-dealkylation sites (N-methyl/N-ethyl adjacent to an activating group) is 2. The number of carbonyl (C=O) groups excluding carboxylic acids is 2. The van der Waals surface area contributed by atoms with Gasteiger partial charge in [-0.3, -0.25) is 10.2 Å². The Hall–Kier alpha value is -4.68. The summed E-state index contributed by atoms with van der Waals surface area (Å²) in [6, 6.07) is 17.3. The van der Waals surface area contributed by atoms with Crippen LogP contribution in [0.25, 0.3) is 11.1 Å². The highest BCUT2D eigenvalue weighted by molar-refractivity contribution is 6.22. The molecule has 4 rings (SSSR count). The summed E-state index contributed by atoms with van der Waals surface area (Å²) < 4.78 is 65.2. The molecule has 0 fully saturated rings. The Morgan fingerprint density at radius 1 is 0.923 bits per heavy atom. The minimum atomic E-state index is -4.29. The van der Waals surface area contributed by atoms with Crippen LogP contribution in [0.5, 0.6) is 0 Å². The van der Waals surface area contributed by atoms with Crippen LogP contribution < -0.4 is 5.32 Å². The van der Waals surface area contributed by atoms with Gasteiger partial charge in [0.1, 0.15) is 12.1 Å². The van der Waals surface area contributed by atoms with Gasteiger partial charge in [0.15, 0.2) is 17.4 Å². The van der Waals surface area contributed by atoms with E-state index in [1.807, 2.05) is 24.3 Å². The fourth-order valence-electron chi connectivity index (χ4n) is 5.89. The molecular weight excluding hydrogens is 677 g/mol. The molecule has 1 aliphatic heterocycles. The van der Waals surface area contributed by atoms with E-state index in [-0.39, 0.29) is 48.6 Å². The second kappa shape index (κ2) is 19.8. The summed E-state index contributed by atoms with van der Waals surface area (Å²) in [6.45, 7) is 11.0. The molecule has 0 atom stereocenters. The summed E-state index contributed by atoms with van der Waals surface area (Å²) >= 11 is 0. The number of carbonyl (C=O) groups is 2. The van der Waals surface area contributed by atoms with Gasteiger partial charge in [0, 0.05) is 45.0 Å². The third-order valence-electron chi connectivity index (χ3n) is 8.92. The van der Waals surface area contributed by atoms with Crippen molar-refractivity contribution in [2.45, 2.75) is 52.8 Å². The second-order valence-electron chi connectivity index (χ2n) is 12.5. The molecule has 1 aliphatic rings. The first-order valence-electron chi connectivity index (χ1n) is 17.2. The molecule has 0 unspecified atom stereocenters. The molecule has 3 aromatic carbocycles. The van der Waals surface area contributed by atoms with E-state index in [2.05, 4.69) is 36.0 Å². The second-order valence-corrected chi connectivity index (χ2v) is 12.5. The summed E-state index contributed by atoms with van der Waals surface area (Å²) in [5.74, 6) is -2.13. The van der Waals surface area contributed by atoms with Crippen LogP contribution >= 0.6 is 0 Å².